The second-order valence-corrected chi connectivity index (χ2v) is 8.16. The first-order valence-electron chi connectivity index (χ1n) is 9.85. The number of ether oxygens (including phenoxy) is 1. The Hall–Kier alpha value is -2.66. The molecule has 0 radical (unpaired) electrons. The highest BCUT2D eigenvalue weighted by Crippen LogP contribution is 2.53. The molecular weight excluding hydrogens is 390 g/mol. The van der Waals surface area contributed by atoms with Crippen LogP contribution in [0.1, 0.15) is 29.6 Å². The molecule has 2 aromatic rings. The van der Waals surface area contributed by atoms with Crippen molar-refractivity contribution >= 4 is 34.9 Å². The number of hydrogen-bond donors (Lipinski definition) is 1. The molecule has 0 saturated heterocycles. The normalized spacial score (nSPS) is 24.9. The van der Waals surface area contributed by atoms with Crippen molar-refractivity contribution in [2.24, 2.45) is 23.7 Å². The lowest BCUT2D eigenvalue weighted by atomic mass is 9.75. The Kier molecular flexibility index (Phi) is 5.67. The van der Waals surface area contributed by atoms with Gasteiger partial charge >= 0.3 is 5.97 Å². The summed E-state index contributed by atoms with van der Waals surface area (Å²) in [7, 11) is 0. The highest BCUT2D eigenvalue weighted by atomic mass is 35.5. The fourth-order valence-electron chi connectivity index (χ4n) is 4.78. The number of anilines is 1. The molecule has 2 bridgehead atoms. The molecular formula is C23H22ClNO4. The summed E-state index contributed by atoms with van der Waals surface area (Å²) in [4.78, 5) is 38.1. The quantitative estimate of drug-likeness (QED) is 0.566. The summed E-state index contributed by atoms with van der Waals surface area (Å²) in [6.45, 7) is -0.399. The van der Waals surface area contributed by atoms with E-state index in [-0.39, 0.29) is 23.5 Å². The number of benzene rings is 2. The lowest BCUT2D eigenvalue weighted by molar-refractivity contribution is -0.154. The standard InChI is InChI=1S/C23H22ClNO4/c24-17-8-4-5-9-18(17)25-19(26)13-29-23(28)21-16-11-10-15(12-16)20(21)22(27)14-6-2-1-3-7-14/h1-9,15-16,20-21H,10-13H2,(H,25,26)/t15-,16-,20-,21-/m0/s1. The summed E-state index contributed by atoms with van der Waals surface area (Å²) in [6.07, 6.45) is 2.76. The molecule has 1 N–H and O–H groups in total. The van der Waals surface area contributed by atoms with Crippen LogP contribution < -0.4 is 5.32 Å². The van der Waals surface area contributed by atoms with Gasteiger partial charge in [0.2, 0.25) is 0 Å². The lowest BCUT2D eigenvalue weighted by Gasteiger charge is -2.28. The van der Waals surface area contributed by atoms with Gasteiger partial charge in [0.25, 0.3) is 5.91 Å². The van der Waals surface area contributed by atoms with Crippen LogP contribution >= 0.6 is 11.6 Å². The van der Waals surface area contributed by atoms with Gasteiger partial charge in [-0.25, -0.2) is 0 Å². The molecule has 4 atom stereocenters. The molecule has 1 amide bonds. The van der Waals surface area contributed by atoms with Crippen LogP contribution in [0.15, 0.2) is 54.6 Å². The molecule has 2 fully saturated rings. The molecule has 2 aliphatic rings. The minimum Gasteiger partial charge on any atom is -0.455 e. The maximum atomic E-state index is 13.1. The third kappa shape index (κ3) is 4.06. The van der Waals surface area contributed by atoms with Gasteiger partial charge in [0.05, 0.1) is 16.6 Å². The average molecular weight is 412 g/mol. The van der Waals surface area contributed by atoms with E-state index in [2.05, 4.69) is 5.32 Å². The fraction of sp³-hybridized carbons (Fsp3) is 0.348. The van der Waals surface area contributed by atoms with Gasteiger partial charge in [-0.05, 0) is 43.2 Å². The van der Waals surface area contributed by atoms with Crippen molar-refractivity contribution in [2.75, 3.05) is 11.9 Å². The number of ketones is 1. The Labute approximate surface area is 174 Å². The van der Waals surface area contributed by atoms with E-state index in [1.165, 1.54) is 0 Å². The summed E-state index contributed by atoms with van der Waals surface area (Å²) in [5.41, 5.74) is 1.09. The highest BCUT2D eigenvalue weighted by molar-refractivity contribution is 6.33. The highest BCUT2D eigenvalue weighted by Gasteiger charge is 2.54. The summed E-state index contributed by atoms with van der Waals surface area (Å²) in [5.74, 6) is -1.40. The van der Waals surface area contributed by atoms with Gasteiger partial charge in [0, 0.05) is 11.5 Å². The summed E-state index contributed by atoms with van der Waals surface area (Å²) < 4.78 is 5.32. The summed E-state index contributed by atoms with van der Waals surface area (Å²) >= 11 is 6.03. The van der Waals surface area contributed by atoms with Gasteiger partial charge in [-0.1, -0.05) is 54.1 Å². The molecule has 6 heteroatoms. The number of halogens is 1. The number of fused-ring (bicyclic) bond motifs is 2. The van der Waals surface area contributed by atoms with Crippen molar-refractivity contribution in [2.45, 2.75) is 19.3 Å². The number of amides is 1. The molecule has 0 heterocycles. The van der Waals surface area contributed by atoms with Gasteiger partial charge in [-0.2, -0.15) is 0 Å². The minimum atomic E-state index is -0.477. The first-order valence-corrected chi connectivity index (χ1v) is 10.2. The minimum absolute atomic E-state index is 0.000249. The first-order chi connectivity index (χ1) is 14.0. The van der Waals surface area contributed by atoms with E-state index in [4.69, 9.17) is 16.3 Å². The molecule has 2 aromatic carbocycles. The molecule has 150 valence electrons. The van der Waals surface area contributed by atoms with Gasteiger partial charge in [-0.3, -0.25) is 14.4 Å². The van der Waals surface area contributed by atoms with Crippen molar-refractivity contribution in [3.05, 3.63) is 65.2 Å². The molecule has 2 aliphatic carbocycles. The number of Topliss-reactive ketones (excluding diaryl/α,β-unsaturated/α-hetero) is 1. The predicted octanol–water partition coefficient (Wildman–Crippen LogP) is 4.37. The molecule has 0 unspecified atom stereocenters. The van der Waals surface area contributed by atoms with Crippen molar-refractivity contribution in [3.63, 3.8) is 0 Å². The van der Waals surface area contributed by atoms with Crippen molar-refractivity contribution in [3.8, 4) is 0 Å². The largest absolute Gasteiger partial charge is 0.455 e. The van der Waals surface area contributed by atoms with E-state index < -0.39 is 24.4 Å². The first kappa shape index (κ1) is 19.6. The van der Waals surface area contributed by atoms with Crippen LogP contribution in [0, 0.1) is 23.7 Å². The maximum absolute atomic E-state index is 13.1. The van der Waals surface area contributed by atoms with E-state index in [1.807, 2.05) is 18.2 Å². The Morgan fingerprint density at radius 1 is 0.931 bits per heavy atom. The summed E-state index contributed by atoms with van der Waals surface area (Å²) in [5, 5.41) is 3.05. The Morgan fingerprint density at radius 2 is 1.59 bits per heavy atom. The van der Waals surface area contributed by atoms with E-state index in [9.17, 15) is 14.4 Å². The number of carbonyl (C=O) groups is 3. The average Bonchev–Trinajstić information content (AvgIpc) is 3.35. The summed E-state index contributed by atoms with van der Waals surface area (Å²) in [6, 6.07) is 15.9. The van der Waals surface area contributed by atoms with E-state index in [0.717, 1.165) is 19.3 Å². The molecule has 0 aliphatic heterocycles. The SMILES string of the molecule is O=C(COC(=O)[C@H]1[C@H]2CC[C@@H](C2)[C@@H]1C(=O)c1ccccc1)Nc1ccccc1Cl. The number of hydrogen-bond acceptors (Lipinski definition) is 4. The molecule has 0 aromatic heterocycles. The van der Waals surface area contributed by atoms with Crippen molar-refractivity contribution < 1.29 is 19.1 Å². The molecule has 5 nitrogen and oxygen atoms in total. The van der Waals surface area contributed by atoms with Crippen LogP contribution in [0.25, 0.3) is 0 Å². The number of para-hydroxylation sites is 1. The van der Waals surface area contributed by atoms with Crippen LogP contribution in [0.4, 0.5) is 5.69 Å². The van der Waals surface area contributed by atoms with Gasteiger partial charge < -0.3 is 10.1 Å². The predicted molar refractivity (Wildman–Crippen MR) is 110 cm³/mol. The zero-order chi connectivity index (χ0) is 20.4. The van der Waals surface area contributed by atoms with Crippen molar-refractivity contribution in [1.29, 1.82) is 0 Å². The van der Waals surface area contributed by atoms with E-state index in [0.29, 0.717) is 16.3 Å². The van der Waals surface area contributed by atoms with Crippen LogP contribution in [0.5, 0.6) is 0 Å². The van der Waals surface area contributed by atoms with Crippen LogP contribution in [-0.2, 0) is 14.3 Å². The monoisotopic (exact) mass is 411 g/mol. The smallest absolute Gasteiger partial charge is 0.310 e. The fourth-order valence-corrected chi connectivity index (χ4v) is 4.97. The third-order valence-electron chi connectivity index (χ3n) is 6.04. The zero-order valence-corrected chi connectivity index (χ0v) is 16.6. The second kappa shape index (κ2) is 8.37. The molecule has 0 spiro atoms. The Balaban J connectivity index is 1.41. The Morgan fingerprint density at radius 3 is 2.31 bits per heavy atom. The Bertz CT molecular complexity index is 929. The number of esters is 1. The number of nitrogens with one attached hydrogen (secondary N) is 1. The number of rotatable bonds is 6. The number of carbonyl (C=O) groups excluding carboxylic acids is 3. The molecule has 4 rings (SSSR count). The lowest BCUT2D eigenvalue weighted by Crippen LogP contribution is -2.37. The van der Waals surface area contributed by atoms with Gasteiger partial charge in [-0.15, -0.1) is 0 Å². The zero-order valence-electron chi connectivity index (χ0n) is 15.8. The molecule has 2 saturated carbocycles. The van der Waals surface area contributed by atoms with E-state index in [1.54, 1.807) is 36.4 Å². The van der Waals surface area contributed by atoms with E-state index >= 15 is 0 Å². The van der Waals surface area contributed by atoms with Gasteiger partial charge in [0.15, 0.2) is 12.4 Å². The topological polar surface area (TPSA) is 72.5 Å². The van der Waals surface area contributed by atoms with Crippen LogP contribution in [-0.4, -0.2) is 24.3 Å². The molecule has 29 heavy (non-hydrogen) atoms. The van der Waals surface area contributed by atoms with Crippen LogP contribution in [0.2, 0.25) is 5.02 Å². The van der Waals surface area contributed by atoms with Crippen LogP contribution in [0.3, 0.4) is 0 Å². The third-order valence-corrected chi connectivity index (χ3v) is 6.37. The maximum Gasteiger partial charge on any atom is 0.310 e. The van der Waals surface area contributed by atoms with Crippen molar-refractivity contribution in [1.82, 2.24) is 0 Å². The van der Waals surface area contributed by atoms with Gasteiger partial charge in [0.1, 0.15) is 0 Å². The second-order valence-electron chi connectivity index (χ2n) is 7.75.